The average Bonchev–Trinajstić information content (AvgIpc) is 3.18. The third kappa shape index (κ3) is 6.27. The molecule has 1 N–H and O–H groups in total. The summed E-state index contributed by atoms with van der Waals surface area (Å²) in [7, 11) is 0. The first-order valence-corrected chi connectivity index (χ1v) is 11.6. The monoisotopic (exact) mass is 577 g/mol. The fourth-order valence-electron chi connectivity index (χ4n) is 3.09. The molecule has 0 bridgehead atoms. The molecule has 0 saturated carbocycles. The molecule has 0 spiro atoms. The Labute approximate surface area is 188 Å². The fourth-order valence-corrected chi connectivity index (χ4v) is 3.98. The summed E-state index contributed by atoms with van der Waals surface area (Å²) in [6.07, 6.45) is 14.3. The van der Waals surface area contributed by atoms with Crippen LogP contribution in [-0.4, -0.2) is 32.1 Å². The van der Waals surface area contributed by atoms with Crippen LogP contribution in [0.5, 0.6) is 11.5 Å². The van der Waals surface area contributed by atoms with Crippen molar-refractivity contribution in [3.63, 3.8) is 0 Å². The summed E-state index contributed by atoms with van der Waals surface area (Å²) in [6, 6.07) is 5.39. The summed E-state index contributed by atoms with van der Waals surface area (Å²) in [6.45, 7) is 5.41. The van der Waals surface area contributed by atoms with Gasteiger partial charge in [-0.1, -0.05) is 0 Å². The number of hydrogen-bond donors (Lipinski definition) is 1. The van der Waals surface area contributed by atoms with E-state index in [1.165, 1.54) is 19.4 Å². The Bertz CT molecular complexity index is 947. The molecule has 1 aromatic heterocycles. The number of hydrogen-bond acceptors (Lipinski definition) is 4. The maximum absolute atomic E-state index is 12.7. The third-order valence-electron chi connectivity index (χ3n) is 4.47. The number of imidazole rings is 1. The van der Waals surface area contributed by atoms with E-state index in [0.717, 1.165) is 35.5 Å². The molecule has 7 heteroatoms. The molecule has 0 radical (unpaired) electrons. The third-order valence-corrected chi connectivity index (χ3v) is 5.62. The quantitative estimate of drug-likeness (QED) is 0.591. The van der Waals surface area contributed by atoms with Gasteiger partial charge in [-0.3, -0.25) is 0 Å². The summed E-state index contributed by atoms with van der Waals surface area (Å²) in [5, 5.41) is 2.81. The molecular formula is C23H27N3O3W. The molecule has 1 amide bonds. The Hall–Kier alpha value is -2.46. The Morgan fingerprint density at radius 2 is 2.10 bits per heavy atom. The summed E-state index contributed by atoms with van der Waals surface area (Å²) in [5.74, 6) is 2.00. The van der Waals surface area contributed by atoms with Crippen molar-refractivity contribution < 1.29 is 33.6 Å². The molecule has 2 aromatic rings. The van der Waals surface area contributed by atoms with Gasteiger partial charge < -0.3 is 0 Å². The Kier molecular flexibility index (Phi) is 8.20. The van der Waals surface area contributed by atoms with Crippen LogP contribution in [-0.2, 0) is 25.9 Å². The van der Waals surface area contributed by atoms with E-state index in [2.05, 4.69) is 14.9 Å². The molecule has 158 valence electrons. The average molecular weight is 577 g/mol. The summed E-state index contributed by atoms with van der Waals surface area (Å²) in [5.41, 5.74) is 0.471. The standard InChI is InChI=1S/C23H27N3O3.W/c1-18(2)29-19-10-11-21-20(17-19)23(27)25-12-6-3-5-9-22-24-13-15-26(22)14-7-4-8-16-28-21;/h3,5-6,10-13,15,17-18H,4,7-8,14,16H2,1-2H3,(H,25,27);. The number of amides is 1. The number of nitrogens with zero attached hydrogens (tertiary/aromatic N) is 2. The van der Waals surface area contributed by atoms with Gasteiger partial charge in [0.15, 0.2) is 0 Å². The molecule has 1 aromatic carbocycles. The van der Waals surface area contributed by atoms with Crippen LogP contribution >= 0.6 is 0 Å². The molecule has 0 saturated heterocycles. The van der Waals surface area contributed by atoms with Crippen molar-refractivity contribution in [2.24, 2.45) is 0 Å². The zero-order valence-corrected chi connectivity index (χ0v) is 20.3. The molecule has 0 fully saturated rings. The molecule has 1 aliphatic rings. The topological polar surface area (TPSA) is 65.4 Å². The molecule has 0 atom stereocenters. The van der Waals surface area contributed by atoms with E-state index < -0.39 is 0 Å². The molecule has 30 heavy (non-hydrogen) atoms. The van der Waals surface area contributed by atoms with E-state index in [0.29, 0.717) is 23.7 Å². The van der Waals surface area contributed by atoms with Gasteiger partial charge in [-0.15, -0.1) is 0 Å². The van der Waals surface area contributed by atoms with Crippen LogP contribution in [0.15, 0.2) is 55.0 Å². The molecule has 3 rings (SSSR count). The Balaban J connectivity index is 1.80. The van der Waals surface area contributed by atoms with Crippen LogP contribution in [0.2, 0.25) is 0 Å². The summed E-state index contributed by atoms with van der Waals surface area (Å²) >= 11 is 1.35. The van der Waals surface area contributed by atoms with Crippen molar-refractivity contribution in [3.05, 3.63) is 66.4 Å². The number of carbonyl (C=O) groups is 1. The first kappa shape index (κ1) is 22.2. The number of aromatic nitrogens is 2. The van der Waals surface area contributed by atoms with Gasteiger partial charge in [0.1, 0.15) is 0 Å². The van der Waals surface area contributed by atoms with Gasteiger partial charge >= 0.3 is 175 Å². The van der Waals surface area contributed by atoms with Gasteiger partial charge in [-0.25, -0.2) is 0 Å². The van der Waals surface area contributed by atoms with Gasteiger partial charge in [0.05, 0.1) is 0 Å². The van der Waals surface area contributed by atoms with E-state index in [4.69, 9.17) is 9.47 Å². The molecule has 0 aliphatic carbocycles. The van der Waals surface area contributed by atoms with Crippen molar-refractivity contribution in [3.8, 4) is 11.5 Å². The van der Waals surface area contributed by atoms with Crippen molar-refractivity contribution in [1.82, 2.24) is 14.9 Å². The van der Waals surface area contributed by atoms with Crippen LogP contribution in [0.25, 0.3) is 0 Å². The molecule has 0 unspecified atom stereocenters. The van der Waals surface area contributed by atoms with Gasteiger partial charge in [-0.05, 0) is 13.8 Å². The van der Waals surface area contributed by atoms with Crippen molar-refractivity contribution in [2.45, 2.75) is 45.8 Å². The minimum absolute atomic E-state index is 0.0310. The zero-order chi connectivity index (χ0) is 21.3. The van der Waals surface area contributed by atoms with Gasteiger partial charge in [-0.2, -0.15) is 0 Å². The molecule has 1 aliphatic heterocycles. The number of allylic oxidation sites excluding steroid dienone is 3. The van der Waals surface area contributed by atoms with Gasteiger partial charge in [0.2, 0.25) is 0 Å². The number of rotatable bonds is 2. The number of carbonyl (C=O) groups excluding carboxylic acids is 1. The number of fused-ring (bicyclic) bond motifs is 2. The first-order valence-electron chi connectivity index (χ1n) is 10.2. The van der Waals surface area contributed by atoms with Crippen LogP contribution in [0, 0.1) is 0 Å². The number of nitrogens with one attached hydrogen (secondary N) is 1. The fraction of sp³-hybridized carbons (Fsp3) is 0.348. The maximum atomic E-state index is 12.7. The van der Waals surface area contributed by atoms with Crippen LogP contribution in [0.3, 0.4) is 0 Å². The first-order chi connectivity index (χ1) is 14.5. The number of ether oxygens (including phenoxy) is 2. The van der Waals surface area contributed by atoms with Gasteiger partial charge in [0.25, 0.3) is 0 Å². The Morgan fingerprint density at radius 3 is 2.93 bits per heavy atom. The second kappa shape index (κ2) is 11.1. The zero-order valence-electron chi connectivity index (χ0n) is 17.3. The van der Waals surface area contributed by atoms with Crippen LogP contribution < -0.4 is 14.8 Å². The molecular weight excluding hydrogens is 550 g/mol. The second-order valence-electron chi connectivity index (χ2n) is 7.23. The Morgan fingerprint density at radius 1 is 1.23 bits per heavy atom. The van der Waals surface area contributed by atoms with E-state index in [1.807, 2.05) is 50.5 Å². The van der Waals surface area contributed by atoms with Gasteiger partial charge in [0, 0.05) is 0 Å². The van der Waals surface area contributed by atoms with E-state index in [-0.39, 0.29) is 12.0 Å². The van der Waals surface area contributed by atoms with Crippen LogP contribution in [0.4, 0.5) is 0 Å². The van der Waals surface area contributed by atoms with Crippen molar-refractivity contribution in [2.75, 3.05) is 6.61 Å². The van der Waals surface area contributed by atoms with E-state index in [1.54, 1.807) is 18.3 Å². The molecule has 2 heterocycles. The SMILES string of the molecule is CC(C)Oc1ccc2c(c1)C(=O)NC=CC=C[C](=[W])c1nccn1CCCCCO2. The normalized spacial score (nSPS) is 15.7. The summed E-state index contributed by atoms with van der Waals surface area (Å²) < 4.78 is 15.0. The van der Waals surface area contributed by atoms with Crippen molar-refractivity contribution in [1.29, 1.82) is 0 Å². The van der Waals surface area contributed by atoms with Crippen LogP contribution in [0.1, 0.15) is 49.3 Å². The predicted octanol–water partition coefficient (Wildman–Crippen LogP) is 3.80. The van der Waals surface area contributed by atoms with E-state index in [9.17, 15) is 4.79 Å². The van der Waals surface area contributed by atoms with Crippen molar-refractivity contribution >= 4 is 9.81 Å². The minimum atomic E-state index is -0.227. The predicted molar refractivity (Wildman–Crippen MR) is 114 cm³/mol. The second-order valence-corrected chi connectivity index (χ2v) is 8.81. The summed E-state index contributed by atoms with van der Waals surface area (Å²) in [4.78, 5) is 17.2. The number of benzene rings is 1. The molecule has 6 nitrogen and oxygen atoms in total. The van der Waals surface area contributed by atoms with E-state index >= 15 is 0 Å². The number of aryl methyl sites for hydroxylation is 1.